The zero-order chi connectivity index (χ0) is 25.8. The molecule has 0 amide bonds. The molecule has 0 aliphatic rings. The van der Waals surface area contributed by atoms with Gasteiger partial charge in [0.15, 0.2) is 0 Å². The van der Waals surface area contributed by atoms with Crippen LogP contribution in [0, 0.1) is 0 Å². The van der Waals surface area contributed by atoms with E-state index in [2.05, 4.69) is 25.2 Å². The molecular weight excluding hydrogens is 490 g/mol. The maximum Gasteiger partial charge on any atom is 0.294 e. The fraction of sp³-hybridized carbons (Fsp3) is 0. The molecule has 0 bridgehead atoms. The standard InChI is InChI=1S/C21H13N5O.C6H6O3S/c27-19-8-7-17(14-4-2-11-23-21(14)19)25-26-18-9-12-24-20-13-3-1-10-22-16(13)6-5-15(18)20;7-10(8,9)6-4-2-1-3-5-6/h1-12,27H;1-5H,(H,7,8,9). The number of azo groups is 1. The highest BCUT2D eigenvalue weighted by Crippen LogP contribution is 2.34. The second kappa shape index (κ2) is 10.1. The van der Waals surface area contributed by atoms with Crippen molar-refractivity contribution in [3.05, 3.63) is 104 Å². The molecular formula is C27H19N5O4S. The predicted molar refractivity (Wildman–Crippen MR) is 141 cm³/mol. The van der Waals surface area contributed by atoms with Crippen LogP contribution in [0.25, 0.3) is 32.7 Å². The zero-order valence-electron chi connectivity index (χ0n) is 19.2. The normalized spacial score (nSPS) is 11.6. The number of hydrogen-bond acceptors (Lipinski definition) is 8. The molecule has 0 saturated heterocycles. The van der Waals surface area contributed by atoms with Gasteiger partial charge in [-0.3, -0.25) is 19.5 Å². The third kappa shape index (κ3) is 5.10. The van der Waals surface area contributed by atoms with Gasteiger partial charge in [0.25, 0.3) is 10.1 Å². The van der Waals surface area contributed by atoms with E-state index in [1.807, 2.05) is 42.5 Å². The van der Waals surface area contributed by atoms with E-state index in [0.29, 0.717) is 11.2 Å². The van der Waals surface area contributed by atoms with Crippen molar-refractivity contribution >= 4 is 54.2 Å². The first-order chi connectivity index (χ1) is 17.9. The van der Waals surface area contributed by atoms with E-state index in [1.54, 1.807) is 48.9 Å². The molecule has 0 aliphatic heterocycles. The second-order valence-electron chi connectivity index (χ2n) is 7.85. The Balaban J connectivity index is 0.000000237. The fourth-order valence-corrected chi connectivity index (χ4v) is 4.27. The van der Waals surface area contributed by atoms with E-state index >= 15 is 0 Å². The molecule has 3 aromatic heterocycles. The Bertz CT molecular complexity index is 1880. The van der Waals surface area contributed by atoms with Crippen LogP contribution >= 0.6 is 0 Å². The Labute approximate surface area is 211 Å². The number of aromatic nitrogens is 3. The zero-order valence-corrected chi connectivity index (χ0v) is 20.0. The molecule has 0 atom stereocenters. The van der Waals surface area contributed by atoms with Crippen LogP contribution < -0.4 is 0 Å². The van der Waals surface area contributed by atoms with Crippen molar-refractivity contribution in [3.8, 4) is 5.75 Å². The van der Waals surface area contributed by atoms with Gasteiger partial charge in [0.05, 0.1) is 27.3 Å². The number of rotatable bonds is 3. The van der Waals surface area contributed by atoms with Crippen molar-refractivity contribution in [1.29, 1.82) is 0 Å². The number of nitrogens with zero attached hydrogens (tertiary/aromatic N) is 5. The number of pyridine rings is 3. The molecule has 2 N–H and O–H groups in total. The van der Waals surface area contributed by atoms with Gasteiger partial charge >= 0.3 is 0 Å². The first kappa shape index (κ1) is 23.9. The number of aromatic hydroxyl groups is 1. The molecule has 0 spiro atoms. The summed E-state index contributed by atoms with van der Waals surface area (Å²) < 4.78 is 29.2. The summed E-state index contributed by atoms with van der Waals surface area (Å²) in [4.78, 5) is 13.0. The number of hydrogen-bond donors (Lipinski definition) is 2. The quantitative estimate of drug-likeness (QED) is 0.160. The Kier molecular flexibility index (Phi) is 6.50. The van der Waals surface area contributed by atoms with Gasteiger partial charge < -0.3 is 5.11 Å². The summed E-state index contributed by atoms with van der Waals surface area (Å²) >= 11 is 0. The fourth-order valence-electron chi connectivity index (χ4n) is 3.77. The van der Waals surface area contributed by atoms with E-state index in [0.717, 1.165) is 32.9 Å². The Morgan fingerprint density at radius 2 is 1.24 bits per heavy atom. The summed E-state index contributed by atoms with van der Waals surface area (Å²) in [6, 6.07) is 24.0. The summed E-state index contributed by atoms with van der Waals surface area (Å²) in [6.07, 6.45) is 5.12. The minimum atomic E-state index is -4.00. The summed E-state index contributed by atoms with van der Waals surface area (Å²) in [5.74, 6) is 0.123. The highest BCUT2D eigenvalue weighted by atomic mass is 32.2. The van der Waals surface area contributed by atoms with Crippen LogP contribution in [0.5, 0.6) is 5.75 Å². The Hall–Kier alpha value is -4.80. The first-order valence-electron chi connectivity index (χ1n) is 11.1. The molecule has 0 fully saturated rings. The molecule has 37 heavy (non-hydrogen) atoms. The largest absolute Gasteiger partial charge is 0.506 e. The molecule has 182 valence electrons. The average molecular weight is 510 g/mol. The van der Waals surface area contributed by atoms with Gasteiger partial charge in [0.2, 0.25) is 0 Å². The van der Waals surface area contributed by atoms with E-state index in [-0.39, 0.29) is 10.6 Å². The van der Waals surface area contributed by atoms with Gasteiger partial charge in [-0.25, -0.2) is 0 Å². The molecule has 3 heterocycles. The van der Waals surface area contributed by atoms with Crippen molar-refractivity contribution in [2.24, 2.45) is 10.2 Å². The lowest BCUT2D eigenvalue weighted by atomic mass is 10.1. The van der Waals surface area contributed by atoms with E-state index in [1.165, 1.54) is 12.1 Å². The van der Waals surface area contributed by atoms with Crippen LogP contribution in [0.4, 0.5) is 11.4 Å². The smallest absolute Gasteiger partial charge is 0.294 e. The van der Waals surface area contributed by atoms with Crippen LogP contribution in [0.1, 0.15) is 0 Å². The summed E-state index contributed by atoms with van der Waals surface area (Å²) in [6.45, 7) is 0. The molecule has 9 nitrogen and oxygen atoms in total. The predicted octanol–water partition coefficient (Wildman–Crippen LogP) is 6.39. The molecule has 0 aliphatic carbocycles. The highest BCUT2D eigenvalue weighted by Gasteiger charge is 2.08. The maximum atomic E-state index is 10.4. The van der Waals surface area contributed by atoms with E-state index in [4.69, 9.17) is 4.55 Å². The number of phenolic OH excluding ortho intramolecular Hbond substituents is 1. The summed E-state index contributed by atoms with van der Waals surface area (Å²) in [5, 5.41) is 21.5. The summed E-state index contributed by atoms with van der Waals surface area (Å²) in [5.41, 5.74) is 3.60. The van der Waals surface area contributed by atoms with Crippen LogP contribution in [-0.4, -0.2) is 33.0 Å². The molecule has 10 heteroatoms. The van der Waals surface area contributed by atoms with Crippen LogP contribution in [0.3, 0.4) is 0 Å². The lowest BCUT2D eigenvalue weighted by Crippen LogP contribution is -1.96. The number of phenols is 1. The van der Waals surface area contributed by atoms with Gasteiger partial charge in [0.1, 0.15) is 11.3 Å². The Morgan fingerprint density at radius 1 is 0.595 bits per heavy atom. The topological polar surface area (TPSA) is 138 Å². The van der Waals surface area contributed by atoms with Gasteiger partial charge in [-0.05, 0) is 66.7 Å². The van der Waals surface area contributed by atoms with E-state index in [9.17, 15) is 13.5 Å². The molecule has 0 saturated carbocycles. The van der Waals surface area contributed by atoms with Crippen molar-refractivity contribution < 1.29 is 18.1 Å². The van der Waals surface area contributed by atoms with Gasteiger partial charge in [-0.1, -0.05) is 18.2 Å². The number of benzene rings is 3. The third-order valence-electron chi connectivity index (χ3n) is 5.50. The minimum Gasteiger partial charge on any atom is -0.506 e. The van der Waals surface area contributed by atoms with Crippen molar-refractivity contribution in [1.82, 2.24) is 15.0 Å². The first-order valence-corrected chi connectivity index (χ1v) is 12.5. The molecule has 0 radical (unpaired) electrons. The van der Waals surface area contributed by atoms with E-state index < -0.39 is 10.1 Å². The number of fused-ring (bicyclic) bond motifs is 4. The van der Waals surface area contributed by atoms with Gasteiger partial charge in [-0.2, -0.15) is 8.42 Å². The Morgan fingerprint density at radius 3 is 1.97 bits per heavy atom. The third-order valence-corrected chi connectivity index (χ3v) is 6.37. The summed E-state index contributed by atoms with van der Waals surface area (Å²) in [7, 11) is -4.00. The maximum absolute atomic E-state index is 10.4. The minimum absolute atomic E-state index is 0.0741. The van der Waals surface area contributed by atoms with Crippen LogP contribution in [-0.2, 0) is 10.1 Å². The lowest BCUT2D eigenvalue weighted by molar-refractivity contribution is 0.480. The van der Waals surface area contributed by atoms with Gasteiger partial charge in [0, 0.05) is 34.7 Å². The highest BCUT2D eigenvalue weighted by molar-refractivity contribution is 7.85. The lowest BCUT2D eigenvalue weighted by Gasteiger charge is -2.05. The molecule has 6 rings (SSSR count). The molecule has 3 aromatic carbocycles. The molecule has 0 unspecified atom stereocenters. The van der Waals surface area contributed by atoms with Gasteiger partial charge in [-0.15, -0.1) is 10.2 Å². The van der Waals surface area contributed by atoms with Crippen molar-refractivity contribution in [2.75, 3.05) is 0 Å². The monoisotopic (exact) mass is 509 g/mol. The molecule has 6 aromatic rings. The second-order valence-corrected chi connectivity index (χ2v) is 9.27. The van der Waals surface area contributed by atoms with Crippen LogP contribution in [0.15, 0.2) is 119 Å². The average Bonchev–Trinajstić information content (AvgIpc) is 2.93. The van der Waals surface area contributed by atoms with Crippen molar-refractivity contribution in [2.45, 2.75) is 4.90 Å². The van der Waals surface area contributed by atoms with Crippen molar-refractivity contribution in [3.63, 3.8) is 0 Å². The van der Waals surface area contributed by atoms with Crippen LogP contribution in [0.2, 0.25) is 0 Å². The SMILES string of the molecule is O=S(=O)(O)c1ccccc1.Oc1ccc(N=Nc2ccnc3c2ccc2ncccc23)c2cccnc12.